The molecule has 1 aliphatic carbocycles. The Morgan fingerprint density at radius 2 is 1.89 bits per heavy atom. The van der Waals surface area contributed by atoms with Gasteiger partial charge in [-0.25, -0.2) is 0 Å². The van der Waals surface area contributed by atoms with Crippen molar-refractivity contribution >= 4 is 17.7 Å². The van der Waals surface area contributed by atoms with Crippen molar-refractivity contribution in [2.75, 3.05) is 6.54 Å². The largest absolute Gasteiger partial charge is 0.318 e. The number of carbonyl (C=O) groups is 3. The van der Waals surface area contributed by atoms with E-state index in [-0.39, 0.29) is 12.5 Å². The molecular weight excluding hydrogens is 246 g/mol. The molecule has 0 atom stereocenters. The third-order valence-electron chi connectivity index (χ3n) is 4.11. The van der Waals surface area contributed by atoms with Crippen LogP contribution in [-0.4, -0.2) is 34.7 Å². The minimum Gasteiger partial charge on any atom is -0.318 e. The van der Waals surface area contributed by atoms with Gasteiger partial charge >= 0.3 is 0 Å². The molecule has 2 fully saturated rings. The van der Waals surface area contributed by atoms with E-state index in [1.807, 2.05) is 0 Å². The lowest BCUT2D eigenvalue weighted by Crippen LogP contribution is -2.67. The van der Waals surface area contributed by atoms with Crippen LogP contribution in [0, 0.1) is 16.7 Å². The molecule has 102 valence electrons. The van der Waals surface area contributed by atoms with Crippen LogP contribution >= 0.6 is 0 Å². The van der Waals surface area contributed by atoms with Crippen LogP contribution < -0.4 is 5.32 Å². The fourth-order valence-electron chi connectivity index (χ4n) is 2.72. The van der Waals surface area contributed by atoms with Gasteiger partial charge in [-0.2, -0.15) is 5.26 Å². The SMILES string of the molecule is CC1(C)C(=O)NC(=O)CN1C(=O)C1(C#N)CCCC1. The van der Waals surface area contributed by atoms with Gasteiger partial charge in [-0.05, 0) is 26.7 Å². The van der Waals surface area contributed by atoms with Crippen LogP contribution in [0.15, 0.2) is 0 Å². The first-order valence-electron chi connectivity index (χ1n) is 6.41. The second kappa shape index (κ2) is 4.34. The number of hydrogen-bond donors (Lipinski definition) is 1. The van der Waals surface area contributed by atoms with Gasteiger partial charge in [-0.15, -0.1) is 0 Å². The monoisotopic (exact) mass is 263 g/mol. The van der Waals surface area contributed by atoms with Gasteiger partial charge in [0.1, 0.15) is 17.5 Å². The van der Waals surface area contributed by atoms with E-state index in [1.165, 1.54) is 4.90 Å². The molecule has 0 aromatic rings. The van der Waals surface area contributed by atoms with Crippen LogP contribution in [0.25, 0.3) is 0 Å². The number of amides is 3. The number of nitrogens with zero attached hydrogens (tertiary/aromatic N) is 2. The smallest absolute Gasteiger partial charge is 0.252 e. The standard InChI is InChI=1S/C13H17N3O3/c1-12(2)10(18)15-9(17)7-16(12)11(19)13(8-14)5-3-4-6-13/h3-7H2,1-2H3,(H,15,17,18). The van der Waals surface area contributed by atoms with Crippen molar-refractivity contribution in [2.45, 2.75) is 45.1 Å². The van der Waals surface area contributed by atoms with Crippen LogP contribution in [0.2, 0.25) is 0 Å². The Balaban J connectivity index is 2.34. The number of hydrogen-bond acceptors (Lipinski definition) is 4. The third-order valence-corrected chi connectivity index (χ3v) is 4.11. The molecular formula is C13H17N3O3. The Morgan fingerprint density at radius 3 is 2.42 bits per heavy atom. The van der Waals surface area contributed by atoms with E-state index in [4.69, 9.17) is 0 Å². The molecule has 2 aliphatic rings. The second-order valence-corrected chi connectivity index (χ2v) is 5.73. The molecule has 1 saturated heterocycles. The van der Waals surface area contributed by atoms with E-state index in [0.29, 0.717) is 12.8 Å². The van der Waals surface area contributed by atoms with E-state index in [1.54, 1.807) is 13.8 Å². The Kier molecular flexibility index (Phi) is 3.09. The Labute approximate surface area is 111 Å². The maximum Gasteiger partial charge on any atom is 0.252 e. The summed E-state index contributed by atoms with van der Waals surface area (Å²) in [6.45, 7) is 3.01. The van der Waals surface area contributed by atoms with Crippen molar-refractivity contribution in [1.82, 2.24) is 10.2 Å². The summed E-state index contributed by atoms with van der Waals surface area (Å²) in [6.07, 6.45) is 2.66. The van der Waals surface area contributed by atoms with Crippen molar-refractivity contribution in [3.8, 4) is 6.07 Å². The number of carbonyl (C=O) groups excluding carboxylic acids is 3. The summed E-state index contributed by atoms with van der Waals surface area (Å²) in [6, 6.07) is 2.11. The van der Waals surface area contributed by atoms with Crippen LogP contribution in [0.5, 0.6) is 0 Å². The maximum atomic E-state index is 12.6. The lowest BCUT2D eigenvalue weighted by atomic mass is 9.84. The average Bonchev–Trinajstić information content (AvgIpc) is 2.83. The van der Waals surface area contributed by atoms with Gasteiger partial charge < -0.3 is 4.90 Å². The van der Waals surface area contributed by atoms with Crippen molar-refractivity contribution in [2.24, 2.45) is 5.41 Å². The summed E-state index contributed by atoms with van der Waals surface area (Å²) in [4.78, 5) is 37.2. The molecule has 2 rings (SSSR count). The summed E-state index contributed by atoms with van der Waals surface area (Å²) >= 11 is 0. The van der Waals surface area contributed by atoms with Gasteiger partial charge in [-0.1, -0.05) is 12.8 Å². The summed E-state index contributed by atoms with van der Waals surface area (Å²) in [5.41, 5.74) is -2.16. The number of nitriles is 1. The molecule has 1 saturated carbocycles. The maximum absolute atomic E-state index is 12.6. The molecule has 1 N–H and O–H groups in total. The predicted molar refractivity (Wildman–Crippen MR) is 65.5 cm³/mol. The molecule has 6 nitrogen and oxygen atoms in total. The highest BCUT2D eigenvalue weighted by atomic mass is 16.2. The summed E-state index contributed by atoms with van der Waals surface area (Å²) in [5, 5.41) is 11.6. The average molecular weight is 263 g/mol. The van der Waals surface area contributed by atoms with Gasteiger partial charge in [-0.3, -0.25) is 19.7 Å². The second-order valence-electron chi connectivity index (χ2n) is 5.73. The minimum atomic E-state index is -1.10. The Bertz CT molecular complexity index is 484. The number of imide groups is 1. The predicted octanol–water partition coefficient (Wildman–Crippen LogP) is 0.334. The summed E-state index contributed by atoms with van der Waals surface area (Å²) < 4.78 is 0. The molecule has 0 radical (unpaired) electrons. The zero-order valence-electron chi connectivity index (χ0n) is 11.2. The normalized spacial score (nSPS) is 24.8. The summed E-state index contributed by atoms with van der Waals surface area (Å²) in [7, 11) is 0. The van der Waals surface area contributed by atoms with E-state index in [2.05, 4.69) is 11.4 Å². The van der Waals surface area contributed by atoms with Gasteiger partial charge in [0.2, 0.25) is 11.8 Å². The topological polar surface area (TPSA) is 90.3 Å². The summed E-state index contributed by atoms with van der Waals surface area (Å²) in [5.74, 6) is -1.38. The lowest BCUT2D eigenvalue weighted by Gasteiger charge is -2.42. The molecule has 6 heteroatoms. The first kappa shape index (κ1) is 13.5. The van der Waals surface area contributed by atoms with Gasteiger partial charge in [0.25, 0.3) is 5.91 Å². The number of piperazine rings is 1. The molecule has 0 aromatic carbocycles. The van der Waals surface area contributed by atoms with Crippen molar-refractivity contribution in [3.63, 3.8) is 0 Å². The van der Waals surface area contributed by atoms with Crippen LogP contribution in [0.1, 0.15) is 39.5 Å². The molecule has 0 aromatic heterocycles. The van der Waals surface area contributed by atoms with Crippen LogP contribution in [0.4, 0.5) is 0 Å². The molecule has 1 aliphatic heterocycles. The Hall–Kier alpha value is -1.90. The van der Waals surface area contributed by atoms with E-state index < -0.39 is 22.8 Å². The van der Waals surface area contributed by atoms with E-state index >= 15 is 0 Å². The lowest BCUT2D eigenvalue weighted by molar-refractivity contribution is -0.159. The first-order valence-corrected chi connectivity index (χ1v) is 6.41. The minimum absolute atomic E-state index is 0.166. The quantitative estimate of drug-likeness (QED) is 0.690. The van der Waals surface area contributed by atoms with Gasteiger partial charge in [0.15, 0.2) is 0 Å². The highest BCUT2D eigenvalue weighted by Gasteiger charge is 2.51. The molecule has 19 heavy (non-hydrogen) atoms. The van der Waals surface area contributed by atoms with Crippen molar-refractivity contribution in [3.05, 3.63) is 0 Å². The van der Waals surface area contributed by atoms with Gasteiger partial charge in [0.05, 0.1) is 6.07 Å². The molecule has 1 heterocycles. The zero-order chi connectivity index (χ0) is 14.3. The number of nitrogens with one attached hydrogen (secondary N) is 1. The van der Waals surface area contributed by atoms with Crippen LogP contribution in [0.3, 0.4) is 0 Å². The van der Waals surface area contributed by atoms with Crippen molar-refractivity contribution < 1.29 is 14.4 Å². The fourth-order valence-corrected chi connectivity index (χ4v) is 2.72. The molecule has 3 amide bonds. The highest BCUT2D eigenvalue weighted by Crippen LogP contribution is 2.40. The fraction of sp³-hybridized carbons (Fsp3) is 0.692. The number of rotatable bonds is 1. The van der Waals surface area contributed by atoms with E-state index in [9.17, 15) is 19.6 Å². The first-order chi connectivity index (χ1) is 8.83. The Morgan fingerprint density at radius 1 is 1.32 bits per heavy atom. The zero-order valence-corrected chi connectivity index (χ0v) is 11.2. The molecule has 0 spiro atoms. The van der Waals surface area contributed by atoms with Crippen molar-refractivity contribution in [1.29, 1.82) is 5.26 Å². The molecule has 0 unspecified atom stereocenters. The molecule has 0 bridgehead atoms. The van der Waals surface area contributed by atoms with E-state index in [0.717, 1.165) is 12.8 Å². The van der Waals surface area contributed by atoms with Gasteiger partial charge in [0, 0.05) is 0 Å². The third kappa shape index (κ3) is 1.99. The highest BCUT2D eigenvalue weighted by molar-refractivity contribution is 6.07. The van der Waals surface area contributed by atoms with Crippen LogP contribution in [-0.2, 0) is 14.4 Å².